The van der Waals surface area contributed by atoms with Gasteiger partial charge in [-0.05, 0) is 42.5 Å². The van der Waals surface area contributed by atoms with Crippen LogP contribution in [0.4, 0.5) is 11.4 Å². The molecule has 0 atom stereocenters. The summed E-state index contributed by atoms with van der Waals surface area (Å²) >= 11 is 0. The zero-order chi connectivity index (χ0) is 18.2. The van der Waals surface area contributed by atoms with Crippen molar-refractivity contribution in [2.45, 2.75) is 6.92 Å². The van der Waals surface area contributed by atoms with Crippen LogP contribution in [0.15, 0.2) is 48.5 Å². The van der Waals surface area contributed by atoms with Crippen LogP contribution in [0.25, 0.3) is 6.08 Å². The van der Waals surface area contributed by atoms with Crippen LogP contribution in [0.1, 0.15) is 12.5 Å². The maximum Gasteiger partial charge on any atom is 0.248 e. The molecule has 0 unspecified atom stereocenters. The Bertz CT molecular complexity index is 760. The molecular formula is C19H20N2O4. The van der Waals surface area contributed by atoms with Crippen molar-refractivity contribution in [3.63, 3.8) is 0 Å². The lowest BCUT2D eigenvalue weighted by Gasteiger charge is -2.09. The molecule has 0 spiro atoms. The molecule has 0 saturated heterocycles. The summed E-state index contributed by atoms with van der Waals surface area (Å²) in [6, 6.07) is 12.2. The summed E-state index contributed by atoms with van der Waals surface area (Å²) in [5.74, 6) is 0.789. The van der Waals surface area contributed by atoms with Crippen molar-refractivity contribution in [1.82, 2.24) is 0 Å². The molecule has 25 heavy (non-hydrogen) atoms. The van der Waals surface area contributed by atoms with E-state index in [9.17, 15) is 9.59 Å². The van der Waals surface area contributed by atoms with E-state index in [4.69, 9.17) is 9.47 Å². The third-order valence-corrected chi connectivity index (χ3v) is 3.34. The zero-order valence-electron chi connectivity index (χ0n) is 14.3. The highest BCUT2D eigenvalue weighted by molar-refractivity contribution is 6.02. The van der Waals surface area contributed by atoms with Crippen LogP contribution >= 0.6 is 0 Å². The Balaban J connectivity index is 2.07. The number of carbonyl (C=O) groups excluding carboxylic acids is 2. The molecule has 0 aromatic heterocycles. The average Bonchev–Trinajstić information content (AvgIpc) is 2.60. The van der Waals surface area contributed by atoms with E-state index < -0.39 is 0 Å². The molecule has 0 radical (unpaired) electrons. The second-order valence-electron chi connectivity index (χ2n) is 5.16. The molecule has 2 aromatic rings. The highest BCUT2D eigenvalue weighted by atomic mass is 16.5. The fraction of sp³-hybridized carbons (Fsp3) is 0.158. The molecular weight excluding hydrogens is 320 g/mol. The summed E-state index contributed by atoms with van der Waals surface area (Å²) < 4.78 is 10.6. The zero-order valence-corrected chi connectivity index (χ0v) is 14.3. The number of carbonyl (C=O) groups is 2. The van der Waals surface area contributed by atoms with E-state index in [1.54, 1.807) is 56.7 Å². The number of amides is 2. The van der Waals surface area contributed by atoms with Crippen molar-refractivity contribution in [2.24, 2.45) is 0 Å². The van der Waals surface area contributed by atoms with Gasteiger partial charge in [0.2, 0.25) is 11.8 Å². The molecule has 0 saturated carbocycles. The number of rotatable bonds is 6. The van der Waals surface area contributed by atoms with Crippen molar-refractivity contribution in [3.05, 3.63) is 54.1 Å². The van der Waals surface area contributed by atoms with Crippen LogP contribution in [0, 0.1) is 0 Å². The van der Waals surface area contributed by atoms with Gasteiger partial charge < -0.3 is 20.1 Å². The minimum absolute atomic E-state index is 0.148. The number of hydrogen-bond donors (Lipinski definition) is 2. The Hall–Kier alpha value is -3.28. The molecule has 0 aliphatic heterocycles. The molecule has 6 nitrogen and oxygen atoms in total. The summed E-state index contributed by atoms with van der Waals surface area (Å²) in [5.41, 5.74) is 1.97. The molecule has 0 aliphatic rings. The summed E-state index contributed by atoms with van der Waals surface area (Å²) in [7, 11) is 3.12. The van der Waals surface area contributed by atoms with E-state index in [1.165, 1.54) is 13.0 Å². The number of hydrogen-bond acceptors (Lipinski definition) is 4. The summed E-state index contributed by atoms with van der Waals surface area (Å²) in [6.07, 6.45) is 3.04. The molecule has 0 aliphatic carbocycles. The van der Waals surface area contributed by atoms with Gasteiger partial charge in [0.25, 0.3) is 0 Å². The molecule has 2 N–H and O–H groups in total. The standard InChI is InChI=1S/C19H20N2O4/c1-13(22)20-14-7-9-15(10-8-14)21-19(23)12-11-16-17(24-2)5-4-6-18(16)25-3/h4-12H,1-3H3,(H,20,22)(H,21,23)/b12-11+. The SMILES string of the molecule is COc1cccc(OC)c1/C=C/C(=O)Nc1ccc(NC(C)=O)cc1. The third kappa shape index (κ3) is 5.10. The van der Waals surface area contributed by atoms with Crippen LogP contribution < -0.4 is 20.1 Å². The van der Waals surface area contributed by atoms with Crippen LogP contribution in [0.2, 0.25) is 0 Å². The molecule has 130 valence electrons. The number of anilines is 2. The third-order valence-electron chi connectivity index (χ3n) is 3.34. The number of ether oxygens (including phenoxy) is 2. The summed E-state index contributed by atoms with van der Waals surface area (Å²) in [6.45, 7) is 1.44. The van der Waals surface area contributed by atoms with Crippen LogP contribution in [-0.2, 0) is 9.59 Å². The first kappa shape index (κ1) is 18.1. The van der Waals surface area contributed by atoms with Crippen LogP contribution in [0.3, 0.4) is 0 Å². The maximum absolute atomic E-state index is 12.1. The molecule has 2 rings (SSSR count). The van der Waals surface area contributed by atoms with E-state index in [0.29, 0.717) is 28.4 Å². The van der Waals surface area contributed by atoms with Crippen LogP contribution in [0.5, 0.6) is 11.5 Å². The molecule has 6 heteroatoms. The monoisotopic (exact) mass is 340 g/mol. The fourth-order valence-corrected chi connectivity index (χ4v) is 2.23. The van der Waals surface area contributed by atoms with Gasteiger partial charge in [-0.3, -0.25) is 9.59 Å². The van der Waals surface area contributed by atoms with Gasteiger partial charge in [0.1, 0.15) is 11.5 Å². The Kier molecular flexibility index (Phi) is 6.17. The first-order chi connectivity index (χ1) is 12.0. The normalized spacial score (nSPS) is 10.4. The Morgan fingerprint density at radius 3 is 1.88 bits per heavy atom. The number of benzene rings is 2. The van der Waals surface area contributed by atoms with Crippen molar-refractivity contribution in [3.8, 4) is 11.5 Å². The van der Waals surface area contributed by atoms with Crippen molar-refractivity contribution < 1.29 is 19.1 Å². The van der Waals surface area contributed by atoms with Crippen molar-refractivity contribution >= 4 is 29.3 Å². The molecule has 2 aromatic carbocycles. The van der Waals surface area contributed by atoms with Gasteiger partial charge in [0.05, 0.1) is 19.8 Å². The summed E-state index contributed by atoms with van der Waals surface area (Å²) in [4.78, 5) is 23.1. The minimum atomic E-state index is -0.291. The highest BCUT2D eigenvalue weighted by Gasteiger charge is 2.07. The lowest BCUT2D eigenvalue weighted by molar-refractivity contribution is -0.114. The predicted molar refractivity (Wildman–Crippen MR) is 98.0 cm³/mol. The second kappa shape index (κ2) is 8.54. The largest absolute Gasteiger partial charge is 0.496 e. The van der Waals surface area contributed by atoms with E-state index in [-0.39, 0.29) is 11.8 Å². The first-order valence-corrected chi connectivity index (χ1v) is 7.61. The smallest absolute Gasteiger partial charge is 0.248 e. The van der Waals surface area contributed by atoms with E-state index in [1.807, 2.05) is 6.07 Å². The first-order valence-electron chi connectivity index (χ1n) is 7.61. The Labute approximate surface area is 146 Å². The maximum atomic E-state index is 12.1. The van der Waals surface area contributed by atoms with Gasteiger partial charge in [-0.15, -0.1) is 0 Å². The highest BCUT2D eigenvalue weighted by Crippen LogP contribution is 2.29. The molecule has 0 heterocycles. The molecule has 0 bridgehead atoms. The fourth-order valence-electron chi connectivity index (χ4n) is 2.23. The van der Waals surface area contributed by atoms with Gasteiger partial charge >= 0.3 is 0 Å². The van der Waals surface area contributed by atoms with E-state index in [2.05, 4.69) is 10.6 Å². The van der Waals surface area contributed by atoms with Gasteiger partial charge in [0, 0.05) is 24.4 Å². The van der Waals surface area contributed by atoms with Gasteiger partial charge in [-0.25, -0.2) is 0 Å². The van der Waals surface area contributed by atoms with Crippen molar-refractivity contribution in [2.75, 3.05) is 24.9 Å². The minimum Gasteiger partial charge on any atom is -0.496 e. The Morgan fingerprint density at radius 1 is 0.880 bits per heavy atom. The lowest BCUT2D eigenvalue weighted by atomic mass is 10.1. The van der Waals surface area contributed by atoms with Gasteiger partial charge in [0.15, 0.2) is 0 Å². The quantitative estimate of drug-likeness (QED) is 0.791. The lowest BCUT2D eigenvalue weighted by Crippen LogP contribution is -2.09. The van der Waals surface area contributed by atoms with E-state index >= 15 is 0 Å². The topological polar surface area (TPSA) is 76.7 Å². The second-order valence-corrected chi connectivity index (χ2v) is 5.16. The number of methoxy groups -OCH3 is 2. The Morgan fingerprint density at radius 2 is 1.40 bits per heavy atom. The van der Waals surface area contributed by atoms with Gasteiger partial charge in [-0.2, -0.15) is 0 Å². The molecule has 0 fully saturated rings. The number of nitrogens with one attached hydrogen (secondary N) is 2. The average molecular weight is 340 g/mol. The van der Waals surface area contributed by atoms with Crippen LogP contribution in [-0.4, -0.2) is 26.0 Å². The van der Waals surface area contributed by atoms with E-state index in [0.717, 1.165) is 0 Å². The molecule has 2 amide bonds. The van der Waals surface area contributed by atoms with Crippen molar-refractivity contribution in [1.29, 1.82) is 0 Å². The van der Waals surface area contributed by atoms with Gasteiger partial charge in [-0.1, -0.05) is 6.07 Å². The predicted octanol–water partition coefficient (Wildman–Crippen LogP) is 3.31. The summed E-state index contributed by atoms with van der Waals surface area (Å²) in [5, 5.41) is 5.41.